The largest absolute Gasteiger partial charge is 0.447 e. The van der Waals surface area contributed by atoms with E-state index in [1.807, 2.05) is 25.9 Å². The van der Waals surface area contributed by atoms with Gasteiger partial charge in [-0.1, -0.05) is 0 Å². The number of nitrogens with one attached hydrogen (secondary N) is 1. The molecule has 0 bridgehead atoms. The van der Waals surface area contributed by atoms with Crippen LogP contribution in [0, 0.1) is 11.8 Å². The van der Waals surface area contributed by atoms with Gasteiger partial charge in [0.2, 0.25) is 0 Å². The lowest BCUT2D eigenvalue weighted by atomic mass is 9.74. The van der Waals surface area contributed by atoms with E-state index in [-0.39, 0.29) is 12.2 Å². The Hall–Kier alpha value is -0.890. The average molecular weight is 451 g/mol. The van der Waals surface area contributed by atoms with E-state index in [0.717, 1.165) is 51.5 Å². The van der Waals surface area contributed by atoms with Gasteiger partial charge in [0.25, 0.3) is 0 Å². The summed E-state index contributed by atoms with van der Waals surface area (Å²) in [6.45, 7) is 12.5. The van der Waals surface area contributed by atoms with Crippen LogP contribution in [-0.2, 0) is 9.47 Å². The number of hydrogen-bond donors (Lipinski definition) is 1. The molecule has 0 aromatic rings. The van der Waals surface area contributed by atoms with Crippen molar-refractivity contribution >= 4 is 6.09 Å². The number of nitrogens with zero attached hydrogens (tertiary/aromatic N) is 3. The van der Waals surface area contributed by atoms with E-state index in [9.17, 15) is 4.79 Å². The Kier molecular flexibility index (Phi) is 8.71. The number of ether oxygens (including phenoxy) is 2. The van der Waals surface area contributed by atoms with Crippen LogP contribution in [-0.4, -0.2) is 105 Å². The second kappa shape index (κ2) is 11.5. The van der Waals surface area contributed by atoms with Crippen LogP contribution in [0.3, 0.4) is 0 Å². The lowest BCUT2D eigenvalue weighted by molar-refractivity contribution is -0.0490. The van der Waals surface area contributed by atoms with Crippen LogP contribution < -0.4 is 5.32 Å². The second-order valence-electron chi connectivity index (χ2n) is 10.8. The minimum Gasteiger partial charge on any atom is -0.447 e. The van der Waals surface area contributed by atoms with E-state index < -0.39 is 0 Å². The maximum absolute atomic E-state index is 12.2. The Balaban J connectivity index is 1.26. The van der Waals surface area contributed by atoms with E-state index in [1.54, 1.807) is 0 Å². The van der Waals surface area contributed by atoms with Crippen LogP contribution in [0.5, 0.6) is 0 Å². The Morgan fingerprint density at radius 2 is 1.78 bits per heavy atom. The molecule has 4 unspecified atom stereocenters. The highest BCUT2D eigenvalue weighted by atomic mass is 16.6. The topological polar surface area (TPSA) is 57.3 Å². The van der Waals surface area contributed by atoms with Crippen LogP contribution in [0.25, 0.3) is 0 Å². The molecule has 1 saturated carbocycles. The van der Waals surface area contributed by atoms with Crippen LogP contribution in [0.4, 0.5) is 4.79 Å². The number of rotatable bonds is 5. The van der Waals surface area contributed by atoms with Crippen molar-refractivity contribution in [2.24, 2.45) is 11.8 Å². The summed E-state index contributed by atoms with van der Waals surface area (Å²) in [6.07, 6.45) is 8.84. The SMILES string of the molecule is COC1CCC2CCCNC2C1N1CCCN(CC2CCN(C(=O)OC(C)C)CC2)CC1. The Morgan fingerprint density at radius 3 is 2.53 bits per heavy atom. The molecule has 0 spiro atoms. The molecule has 32 heavy (non-hydrogen) atoms. The molecule has 1 N–H and O–H groups in total. The zero-order valence-electron chi connectivity index (χ0n) is 20.6. The van der Waals surface area contributed by atoms with E-state index in [0.29, 0.717) is 24.1 Å². The minimum absolute atomic E-state index is 0.0405. The van der Waals surface area contributed by atoms with Gasteiger partial charge in [-0.25, -0.2) is 4.79 Å². The van der Waals surface area contributed by atoms with Crippen molar-refractivity contribution in [2.45, 2.75) is 83.1 Å². The fraction of sp³-hybridized carbons (Fsp3) is 0.960. The summed E-state index contributed by atoms with van der Waals surface area (Å²) in [4.78, 5) is 19.5. The molecule has 4 fully saturated rings. The van der Waals surface area contributed by atoms with E-state index in [1.165, 1.54) is 51.7 Å². The number of piperidine rings is 2. The maximum Gasteiger partial charge on any atom is 0.410 e. The first-order chi connectivity index (χ1) is 15.5. The van der Waals surface area contributed by atoms with E-state index >= 15 is 0 Å². The fourth-order valence-electron chi connectivity index (χ4n) is 6.61. The number of carbonyl (C=O) groups excluding carboxylic acids is 1. The van der Waals surface area contributed by atoms with Crippen LogP contribution >= 0.6 is 0 Å². The number of methoxy groups -OCH3 is 1. The predicted octanol–water partition coefficient (Wildman–Crippen LogP) is 2.80. The number of carbonyl (C=O) groups is 1. The molecular formula is C25H46N4O3. The van der Waals surface area contributed by atoms with E-state index in [4.69, 9.17) is 9.47 Å². The van der Waals surface area contributed by atoms with Gasteiger partial charge in [0.15, 0.2) is 0 Å². The van der Waals surface area contributed by atoms with Crippen molar-refractivity contribution in [2.75, 3.05) is 59.5 Å². The first-order valence-corrected chi connectivity index (χ1v) is 13.2. The summed E-state index contributed by atoms with van der Waals surface area (Å²) in [7, 11) is 1.91. The fourth-order valence-corrected chi connectivity index (χ4v) is 6.61. The lowest BCUT2D eigenvalue weighted by Crippen LogP contribution is -2.63. The average Bonchev–Trinajstić information content (AvgIpc) is 3.03. The van der Waals surface area contributed by atoms with Crippen LogP contribution in [0.1, 0.15) is 58.8 Å². The Bertz CT molecular complexity index is 596. The molecule has 3 heterocycles. The second-order valence-corrected chi connectivity index (χ2v) is 10.8. The molecule has 0 radical (unpaired) electrons. The molecule has 1 amide bonds. The first kappa shape index (κ1) is 24.2. The van der Waals surface area contributed by atoms with Gasteiger partial charge < -0.3 is 24.6 Å². The minimum atomic E-state index is -0.140. The number of hydrogen-bond acceptors (Lipinski definition) is 6. The zero-order valence-corrected chi connectivity index (χ0v) is 20.6. The van der Waals surface area contributed by atoms with Gasteiger partial charge in [-0.3, -0.25) is 4.90 Å². The molecule has 0 aromatic heterocycles. The summed E-state index contributed by atoms with van der Waals surface area (Å²) in [5.41, 5.74) is 0. The van der Waals surface area contributed by atoms with Gasteiger partial charge in [0, 0.05) is 45.9 Å². The quantitative estimate of drug-likeness (QED) is 0.695. The molecule has 4 rings (SSSR count). The van der Waals surface area contributed by atoms with Crippen molar-refractivity contribution in [3.8, 4) is 0 Å². The highest BCUT2D eigenvalue weighted by molar-refractivity contribution is 5.67. The van der Waals surface area contributed by atoms with Gasteiger partial charge in [-0.05, 0) is 90.3 Å². The third kappa shape index (κ3) is 5.96. The van der Waals surface area contributed by atoms with Crippen molar-refractivity contribution in [1.82, 2.24) is 20.0 Å². The van der Waals surface area contributed by atoms with Crippen LogP contribution in [0.2, 0.25) is 0 Å². The molecule has 7 heteroatoms. The van der Waals surface area contributed by atoms with Gasteiger partial charge in [-0.15, -0.1) is 0 Å². The maximum atomic E-state index is 12.2. The predicted molar refractivity (Wildman–Crippen MR) is 127 cm³/mol. The molecule has 7 nitrogen and oxygen atoms in total. The van der Waals surface area contributed by atoms with Crippen molar-refractivity contribution in [3.05, 3.63) is 0 Å². The molecule has 0 aromatic carbocycles. The molecule has 3 saturated heterocycles. The molecule has 3 aliphatic heterocycles. The highest BCUT2D eigenvalue weighted by Gasteiger charge is 2.43. The number of amides is 1. The normalized spacial score (nSPS) is 33.7. The van der Waals surface area contributed by atoms with Crippen molar-refractivity contribution in [3.63, 3.8) is 0 Å². The number of fused-ring (bicyclic) bond motifs is 1. The van der Waals surface area contributed by atoms with Gasteiger partial charge in [0.05, 0.1) is 18.2 Å². The third-order valence-corrected chi connectivity index (χ3v) is 8.28. The standard InChI is InChI=1S/C25H46N4O3/c1-19(2)32-25(30)29-14-9-20(10-15-29)18-27-12-5-13-28(17-16-27)24-22(31-3)8-7-21-6-4-11-26-23(21)24/h19-24,26H,4-18H2,1-3H3. The van der Waals surface area contributed by atoms with E-state index in [2.05, 4.69) is 15.1 Å². The van der Waals surface area contributed by atoms with Crippen LogP contribution in [0.15, 0.2) is 0 Å². The zero-order chi connectivity index (χ0) is 22.5. The Morgan fingerprint density at radius 1 is 0.969 bits per heavy atom. The van der Waals surface area contributed by atoms with Gasteiger partial charge in [0.1, 0.15) is 0 Å². The summed E-state index contributed by atoms with van der Waals surface area (Å²) in [6, 6.07) is 1.12. The van der Waals surface area contributed by atoms with Gasteiger partial charge in [-0.2, -0.15) is 0 Å². The molecule has 1 aliphatic carbocycles. The summed E-state index contributed by atoms with van der Waals surface area (Å²) in [5.74, 6) is 1.52. The first-order valence-electron chi connectivity index (χ1n) is 13.2. The molecule has 4 atom stereocenters. The number of likely N-dealkylation sites (tertiary alicyclic amines) is 1. The third-order valence-electron chi connectivity index (χ3n) is 8.28. The van der Waals surface area contributed by atoms with Gasteiger partial charge >= 0.3 is 6.09 Å². The molecule has 184 valence electrons. The molecular weight excluding hydrogens is 404 g/mol. The smallest absolute Gasteiger partial charge is 0.410 e. The highest BCUT2D eigenvalue weighted by Crippen LogP contribution is 2.35. The molecule has 4 aliphatic rings. The van der Waals surface area contributed by atoms with Crippen molar-refractivity contribution in [1.29, 1.82) is 0 Å². The lowest BCUT2D eigenvalue weighted by Gasteiger charge is -2.49. The summed E-state index contributed by atoms with van der Waals surface area (Å²) in [5, 5.41) is 3.88. The Labute approximate surface area is 195 Å². The summed E-state index contributed by atoms with van der Waals surface area (Å²) < 4.78 is 11.4. The summed E-state index contributed by atoms with van der Waals surface area (Å²) >= 11 is 0. The van der Waals surface area contributed by atoms with Crippen molar-refractivity contribution < 1.29 is 14.3 Å². The monoisotopic (exact) mass is 450 g/mol.